The molecule has 9 nitrogen and oxygen atoms in total. The number of rotatable bonds is 5. The molecule has 0 unspecified atom stereocenters. The van der Waals surface area contributed by atoms with Crippen molar-refractivity contribution in [1.82, 2.24) is 4.90 Å². The van der Waals surface area contributed by atoms with Gasteiger partial charge in [-0.1, -0.05) is 12.1 Å². The summed E-state index contributed by atoms with van der Waals surface area (Å²) < 4.78 is 14.8. The van der Waals surface area contributed by atoms with Gasteiger partial charge in [-0.2, -0.15) is 0 Å². The number of carbonyl (C=O) groups excluding carboxylic acids is 4. The van der Waals surface area contributed by atoms with Crippen LogP contribution in [0.1, 0.15) is 6.42 Å². The number of fused-ring (bicyclic) bond motifs is 1. The fourth-order valence-electron chi connectivity index (χ4n) is 2.51. The minimum absolute atomic E-state index is 0.0855. The molecule has 1 aromatic rings. The van der Waals surface area contributed by atoms with Gasteiger partial charge in [-0.3, -0.25) is 14.4 Å². The first-order valence-corrected chi connectivity index (χ1v) is 7.71. The van der Waals surface area contributed by atoms with Gasteiger partial charge in [0.05, 0.1) is 18.7 Å². The molecule has 0 aliphatic carbocycles. The first-order valence-electron chi connectivity index (χ1n) is 7.71. The summed E-state index contributed by atoms with van der Waals surface area (Å²) in [5.74, 6) is -0.970. The Kier molecular flexibility index (Phi) is 4.82. The van der Waals surface area contributed by atoms with Crippen molar-refractivity contribution < 1.29 is 33.4 Å². The quantitative estimate of drug-likeness (QED) is 0.706. The molecule has 0 atom stereocenters. The molecule has 3 amide bonds. The second kappa shape index (κ2) is 7.20. The van der Waals surface area contributed by atoms with E-state index in [1.54, 1.807) is 24.3 Å². The Morgan fingerprint density at radius 3 is 2.72 bits per heavy atom. The third-order valence-corrected chi connectivity index (χ3v) is 3.77. The standard InChI is InChI=1S/C16H16N2O7/c19-13-9-24-12-4-2-1-3-11(12)17(13)6-5-15(21)25-10-14(20)18-7-8-23-16(18)22/h1-4H,5-10H2. The zero-order valence-corrected chi connectivity index (χ0v) is 13.3. The summed E-state index contributed by atoms with van der Waals surface area (Å²) in [5.41, 5.74) is 0.586. The molecule has 0 spiro atoms. The molecule has 1 aromatic carbocycles. The topological polar surface area (TPSA) is 102 Å². The van der Waals surface area contributed by atoms with Crippen molar-refractivity contribution in [3.8, 4) is 5.75 Å². The van der Waals surface area contributed by atoms with E-state index in [9.17, 15) is 19.2 Å². The first kappa shape index (κ1) is 16.7. The molecule has 132 valence electrons. The highest BCUT2D eigenvalue weighted by molar-refractivity contribution is 5.98. The normalized spacial score (nSPS) is 16.2. The highest BCUT2D eigenvalue weighted by atomic mass is 16.6. The van der Waals surface area contributed by atoms with Gasteiger partial charge in [-0.05, 0) is 12.1 Å². The van der Waals surface area contributed by atoms with Crippen molar-refractivity contribution in [3.63, 3.8) is 0 Å². The van der Waals surface area contributed by atoms with Crippen LogP contribution in [-0.2, 0) is 23.9 Å². The van der Waals surface area contributed by atoms with Crippen LogP contribution in [0.5, 0.6) is 5.75 Å². The molecule has 2 aliphatic heterocycles. The predicted octanol–water partition coefficient (Wildman–Crippen LogP) is 0.324. The molecule has 3 rings (SSSR count). The zero-order valence-electron chi connectivity index (χ0n) is 13.3. The van der Waals surface area contributed by atoms with E-state index in [0.29, 0.717) is 11.4 Å². The number of hydrogen-bond donors (Lipinski definition) is 0. The number of cyclic esters (lactones) is 1. The second-order valence-electron chi connectivity index (χ2n) is 5.37. The smallest absolute Gasteiger partial charge is 0.416 e. The van der Waals surface area contributed by atoms with Crippen molar-refractivity contribution >= 4 is 29.6 Å². The molecule has 0 bridgehead atoms. The van der Waals surface area contributed by atoms with E-state index in [4.69, 9.17) is 9.47 Å². The molecule has 0 aromatic heterocycles. The number of amides is 3. The predicted molar refractivity (Wildman–Crippen MR) is 82.9 cm³/mol. The number of para-hydroxylation sites is 2. The Morgan fingerprint density at radius 1 is 1.16 bits per heavy atom. The Labute approximate surface area is 143 Å². The van der Waals surface area contributed by atoms with Gasteiger partial charge in [0.2, 0.25) is 0 Å². The zero-order chi connectivity index (χ0) is 17.8. The summed E-state index contributed by atoms with van der Waals surface area (Å²) in [7, 11) is 0. The summed E-state index contributed by atoms with van der Waals surface area (Å²) in [6.45, 7) is -0.244. The molecule has 1 fully saturated rings. The van der Waals surface area contributed by atoms with Gasteiger partial charge in [0.1, 0.15) is 12.4 Å². The van der Waals surface area contributed by atoms with Crippen LogP contribution in [0, 0.1) is 0 Å². The van der Waals surface area contributed by atoms with Crippen LogP contribution in [0.2, 0.25) is 0 Å². The maximum atomic E-state index is 12.0. The second-order valence-corrected chi connectivity index (χ2v) is 5.37. The van der Waals surface area contributed by atoms with Crippen molar-refractivity contribution in [2.45, 2.75) is 6.42 Å². The van der Waals surface area contributed by atoms with Gasteiger partial charge in [0.15, 0.2) is 13.2 Å². The molecule has 2 aliphatic rings. The first-order chi connectivity index (χ1) is 12.1. The van der Waals surface area contributed by atoms with E-state index in [2.05, 4.69) is 4.74 Å². The molecule has 9 heteroatoms. The summed E-state index contributed by atoms with van der Waals surface area (Å²) >= 11 is 0. The molecule has 2 heterocycles. The maximum absolute atomic E-state index is 12.0. The molecule has 25 heavy (non-hydrogen) atoms. The third kappa shape index (κ3) is 3.70. The number of nitrogens with zero attached hydrogens (tertiary/aromatic N) is 2. The van der Waals surface area contributed by atoms with Gasteiger partial charge in [0.25, 0.3) is 11.8 Å². The third-order valence-electron chi connectivity index (χ3n) is 3.77. The number of hydrogen-bond acceptors (Lipinski definition) is 7. The Bertz CT molecular complexity index is 718. The average molecular weight is 348 g/mol. The van der Waals surface area contributed by atoms with E-state index < -0.39 is 24.6 Å². The molecular formula is C16H16N2O7. The summed E-state index contributed by atoms with van der Waals surface area (Å²) in [4.78, 5) is 49.1. The fraction of sp³-hybridized carbons (Fsp3) is 0.375. The van der Waals surface area contributed by atoms with Gasteiger partial charge < -0.3 is 19.1 Å². The van der Waals surface area contributed by atoms with Gasteiger partial charge in [-0.15, -0.1) is 0 Å². The summed E-state index contributed by atoms with van der Waals surface area (Å²) in [6, 6.07) is 7.01. The van der Waals surface area contributed by atoms with E-state index in [0.717, 1.165) is 4.90 Å². The minimum atomic E-state index is -0.739. The number of benzene rings is 1. The van der Waals surface area contributed by atoms with Crippen molar-refractivity contribution in [2.24, 2.45) is 0 Å². The highest BCUT2D eigenvalue weighted by Crippen LogP contribution is 2.31. The van der Waals surface area contributed by atoms with Crippen LogP contribution >= 0.6 is 0 Å². The number of carbonyl (C=O) groups is 4. The monoisotopic (exact) mass is 348 g/mol. The van der Waals surface area contributed by atoms with Crippen molar-refractivity contribution in [1.29, 1.82) is 0 Å². The largest absolute Gasteiger partial charge is 0.482 e. The lowest BCUT2D eigenvalue weighted by Crippen LogP contribution is -2.40. The van der Waals surface area contributed by atoms with Crippen LogP contribution in [0.15, 0.2) is 24.3 Å². The van der Waals surface area contributed by atoms with Crippen LogP contribution in [0.4, 0.5) is 10.5 Å². The highest BCUT2D eigenvalue weighted by Gasteiger charge is 2.29. The number of ether oxygens (including phenoxy) is 3. The SMILES string of the molecule is O=C(CCN1C(=O)COc2ccccc21)OCC(=O)N1CCOC1=O. The number of imide groups is 1. The van der Waals surface area contributed by atoms with Crippen LogP contribution in [-0.4, -0.2) is 61.7 Å². The van der Waals surface area contributed by atoms with E-state index in [1.165, 1.54) is 4.90 Å². The van der Waals surface area contributed by atoms with Crippen LogP contribution in [0.25, 0.3) is 0 Å². The van der Waals surface area contributed by atoms with Crippen LogP contribution in [0.3, 0.4) is 0 Å². The Morgan fingerprint density at radius 2 is 1.96 bits per heavy atom. The van der Waals surface area contributed by atoms with E-state index in [-0.39, 0.29) is 38.6 Å². The summed E-state index contributed by atoms with van der Waals surface area (Å²) in [6.07, 6.45) is -0.825. The maximum Gasteiger partial charge on any atom is 0.416 e. The average Bonchev–Trinajstić information content (AvgIpc) is 3.05. The Hall–Kier alpha value is -3.10. The molecule has 0 saturated carbocycles. The van der Waals surface area contributed by atoms with Crippen molar-refractivity contribution in [2.75, 3.05) is 37.8 Å². The number of anilines is 1. The lowest BCUT2D eigenvalue weighted by atomic mass is 10.2. The van der Waals surface area contributed by atoms with E-state index in [1.807, 2.05) is 0 Å². The van der Waals surface area contributed by atoms with Gasteiger partial charge in [-0.25, -0.2) is 9.69 Å². The van der Waals surface area contributed by atoms with Crippen molar-refractivity contribution in [3.05, 3.63) is 24.3 Å². The minimum Gasteiger partial charge on any atom is -0.482 e. The molecular weight excluding hydrogens is 332 g/mol. The summed E-state index contributed by atoms with van der Waals surface area (Å²) in [5, 5.41) is 0. The molecule has 0 N–H and O–H groups in total. The molecule has 1 saturated heterocycles. The van der Waals surface area contributed by atoms with Gasteiger partial charge >= 0.3 is 12.1 Å². The van der Waals surface area contributed by atoms with E-state index >= 15 is 0 Å². The lowest BCUT2D eigenvalue weighted by molar-refractivity contribution is -0.150. The Balaban J connectivity index is 1.50. The number of esters is 1. The van der Waals surface area contributed by atoms with Gasteiger partial charge in [0, 0.05) is 6.54 Å². The lowest BCUT2D eigenvalue weighted by Gasteiger charge is -2.28. The molecule has 0 radical (unpaired) electrons. The fourth-order valence-corrected chi connectivity index (χ4v) is 2.51. The van der Waals surface area contributed by atoms with Crippen LogP contribution < -0.4 is 9.64 Å².